The summed E-state index contributed by atoms with van der Waals surface area (Å²) < 4.78 is 34.1. The second kappa shape index (κ2) is 6.82. The van der Waals surface area contributed by atoms with E-state index in [9.17, 15) is 8.42 Å². The first-order valence-corrected chi connectivity index (χ1v) is 9.27. The van der Waals surface area contributed by atoms with Gasteiger partial charge in [-0.3, -0.25) is 4.68 Å². The minimum absolute atomic E-state index is 0.122. The number of aromatic nitrogens is 2. The van der Waals surface area contributed by atoms with Crippen molar-refractivity contribution < 1.29 is 13.2 Å². The maximum absolute atomic E-state index is 12.6. The summed E-state index contributed by atoms with van der Waals surface area (Å²) in [6, 6.07) is 9.68. The molecule has 0 N–H and O–H groups in total. The van der Waals surface area contributed by atoms with Gasteiger partial charge in [-0.2, -0.15) is 9.40 Å². The van der Waals surface area contributed by atoms with Gasteiger partial charge in [0.2, 0.25) is 10.0 Å². The third-order valence-electron chi connectivity index (χ3n) is 4.01. The highest BCUT2D eigenvalue weighted by atomic mass is 32.2. The van der Waals surface area contributed by atoms with Crippen molar-refractivity contribution in [3.8, 4) is 0 Å². The summed E-state index contributed by atoms with van der Waals surface area (Å²) in [5.74, 6) is 0.122. The standard InChI is InChI=1S/C16H21N3O3S/c1-18-12-15(11-17-18)16-13-19(8-9-22-16)23(20,21)10-7-14-5-3-2-4-6-14/h2-6,11-12,16H,7-10,13H2,1H3/t16-/m0/s1. The number of ether oxygens (including phenoxy) is 1. The average molecular weight is 335 g/mol. The van der Waals surface area contributed by atoms with E-state index < -0.39 is 10.0 Å². The second-order valence-corrected chi connectivity index (χ2v) is 7.80. The highest BCUT2D eigenvalue weighted by molar-refractivity contribution is 7.89. The summed E-state index contributed by atoms with van der Waals surface area (Å²) in [6.07, 6.45) is 3.87. The van der Waals surface area contributed by atoms with Gasteiger partial charge in [0.05, 0.1) is 24.7 Å². The molecule has 0 saturated carbocycles. The molecule has 0 bridgehead atoms. The maximum Gasteiger partial charge on any atom is 0.214 e. The summed E-state index contributed by atoms with van der Waals surface area (Å²) in [4.78, 5) is 0. The lowest BCUT2D eigenvalue weighted by Crippen LogP contribution is -2.43. The number of aryl methyl sites for hydroxylation is 2. The third kappa shape index (κ3) is 3.99. The predicted octanol–water partition coefficient (Wildman–Crippen LogP) is 1.37. The summed E-state index contributed by atoms with van der Waals surface area (Å²) in [7, 11) is -1.46. The summed E-state index contributed by atoms with van der Waals surface area (Å²) >= 11 is 0. The van der Waals surface area contributed by atoms with Crippen LogP contribution in [-0.4, -0.2) is 48.0 Å². The number of nitrogens with zero attached hydrogens (tertiary/aromatic N) is 3. The van der Waals surface area contributed by atoms with Crippen molar-refractivity contribution in [1.82, 2.24) is 14.1 Å². The van der Waals surface area contributed by atoms with Crippen LogP contribution in [-0.2, 0) is 28.2 Å². The van der Waals surface area contributed by atoms with Gasteiger partial charge in [-0.05, 0) is 12.0 Å². The Balaban J connectivity index is 1.65. The summed E-state index contributed by atoms with van der Waals surface area (Å²) in [5.41, 5.74) is 1.95. The molecule has 1 aliphatic rings. The quantitative estimate of drug-likeness (QED) is 0.828. The molecule has 0 unspecified atom stereocenters. The molecule has 2 aromatic rings. The second-order valence-electron chi connectivity index (χ2n) is 5.72. The van der Waals surface area contributed by atoms with Crippen LogP contribution in [0.5, 0.6) is 0 Å². The number of benzene rings is 1. The Morgan fingerprint density at radius 3 is 2.78 bits per heavy atom. The first kappa shape index (κ1) is 16.2. The number of sulfonamides is 1. The average Bonchev–Trinajstić information content (AvgIpc) is 3.01. The molecule has 6 nitrogen and oxygen atoms in total. The topological polar surface area (TPSA) is 64.4 Å². The number of morpholine rings is 1. The van der Waals surface area contributed by atoms with E-state index in [-0.39, 0.29) is 11.9 Å². The van der Waals surface area contributed by atoms with Gasteiger partial charge in [0, 0.05) is 31.9 Å². The van der Waals surface area contributed by atoms with Crippen LogP contribution in [0.3, 0.4) is 0 Å². The molecule has 124 valence electrons. The van der Waals surface area contributed by atoms with E-state index in [1.165, 1.54) is 4.31 Å². The van der Waals surface area contributed by atoms with Gasteiger partial charge < -0.3 is 4.74 Å². The van der Waals surface area contributed by atoms with Crippen LogP contribution in [0.1, 0.15) is 17.2 Å². The lowest BCUT2D eigenvalue weighted by Gasteiger charge is -2.31. The largest absolute Gasteiger partial charge is 0.371 e. The van der Waals surface area contributed by atoms with Gasteiger partial charge in [-0.1, -0.05) is 30.3 Å². The van der Waals surface area contributed by atoms with Crippen molar-refractivity contribution in [2.75, 3.05) is 25.4 Å². The van der Waals surface area contributed by atoms with Crippen molar-refractivity contribution >= 4 is 10.0 Å². The molecule has 3 rings (SSSR count). The summed E-state index contributed by atoms with van der Waals surface area (Å²) in [5, 5.41) is 4.12. The van der Waals surface area contributed by atoms with Gasteiger partial charge in [0.15, 0.2) is 0 Å². The Hall–Kier alpha value is -1.70. The van der Waals surface area contributed by atoms with E-state index in [0.29, 0.717) is 26.1 Å². The van der Waals surface area contributed by atoms with Gasteiger partial charge in [0.1, 0.15) is 0 Å². The highest BCUT2D eigenvalue weighted by Gasteiger charge is 2.30. The van der Waals surface area contributed by atoms with Crippen molar-refractivity contribution in [3.05, 3.63) is 53.9 Å². The first-order chi connectivity index (χ1) is 11.0. The molecule has 1 fully saturated rings. The van der Waals surface area contributed by atoms with Crippen molar-refractivity contribution in [2.45, 2.75) is 12.5 Å². The van der Waals surface area contributed by atoms with Gasteiger partial charge in [-0.15, -0.1) is 0 Å². The fraction of sp³-hybridized carbons (Fsp3) is 0.438. The number of rotatable bonds is 5. The smallest absolute Gasteiger partial charge is 0.214 e. The van der Waals surface area contributed by atoms with E-state index in [4.69, 9.17) is 4.74 Å². The van der Waals surface area contributed by atoms with Crippen LogP contribution in [0.2, 0.25) is 0 Å². The van der Waals surface area contributed by atoms with Crippen molar-refractivity contribution in [2.24, 2.45) is 7.05 Å². The molecule has 23 heavy (non-hydrogen) atoms. The Labute approximate surface area is 136 Å². The zero-order valence-electron chi connectivity index (χ0n) is 13.1. The molecule has 1 saturated heterocycles. The Kier molecular flexibility index (Phi) is 4.79. The zero-order valence-corrected chi connectivity index (χ0v) is 13.9. The van der Waals surface area contributed by atoms with Gasteiger partial charge in [-0.25, -0.2) is 8.42 Å². The fourth-order valence-electron chi connectivity index (χ4n) is 2.71. The van der Waals surface area contributed by atoms with Crippen molar-refractivity contribution in [3.63, 3.8) is 0 Å². The minimum atomic E-state index is -3.29. The molecular weight excluding hydrogens is 314 g/mol. The molecule has 1 aliphatic heterocycles. The van der Waals surface area contributed by atoms with Crippen LogP contribution in [0, 0.1) is 0 Å². The monoisotopic (exact) mass is 335 g/mol. The van der Waals surface area contributed by atoms with E-state index >= 15 is 0 Å². The zero-order chi connectivity index (χ0) is 16.3. The van der Waals surface area contributed by atoms with E-state index in [1.807, 2.05) is 43.6 Å². The Morgan fingerprint density at radius 2 is 2.09 bits per heavy atom. The van der Waals surface area contributed by atoms with Crippen LogP contribution >= 0.6 is 0 Å². The molecule has 0 aliphatic carbocycles. The lowest BCUT2D eigenvalue weighted by molar-refractivity contribution is -0.00256. The van der Waals surface area contributed by atoms with E-state index in [2.05, 4.69) is 5.10 Å². The molecular formula is C16H21N3O3S. The van der Waals surface area contributed by atoms with Crippen LogP contribution in [0.15, 0.2) is 42.7 Å². The minimum Gasteiger partial charge on any atom is -0.371 e. The number of hydrogen-bond acceptors (Lipinski definition) is 4. The molecule has 7 heteroatoms. The third-order valence-corrected chi connectivity index (χ3v) is 5.85. The van der Waals surface area contributed by atoms with Crippen molar-refractivity contribution in [1.29, 1.82) is 0 Å². The molecule has 0 amide bonds. The Bertz CT molecular complexity index is 743. The SMILES string of the molecule is Cn1cc([C@@H]2CN(S(=O)(=O)CCc3ccccc3)CCO2)cn1. The van der Waals surface area contributed by atoms with Crippen LogP contribution < -0.4 is 0 Å². The fourth-order valence-corrected chi connectivity index (χ4v) is 4.17. The molecule has 1 atom stereocenters. The predicted molar refractivity (Wildman–Crippen MR) is 87.4 cm³/mol. The first-order valence-electron chi connectivity index (χ1n) is 7.66. The summed E-state index contributed by atoms with van der Waals surface area (Å²) in [6.45, 7) is 1.17. The number of hydrogen-bond donors (Lipinski definition) is 0. The van der Waals surface area contributed by atoms with E-state index in [1.54, 1.807) is 10.9 Å². The Morgan fingerprint density at radius 1 is 1.30 bits per heavy atom. The molecule has 0 spiro atoms. The molecule has 1 aromatic heterocycles. The van der Waals surface area contributed by atoms with Gasteiger partial charge >= 0.3 is 0 Å². The molecule has 1 aromatic carbocycles. The molecule has 2 heterocycles. The normalized spacial score (nSPS) is 19.8. The maximum atomic E-state index is 12.6. The van der Waals surface area contributed by atoms with E-state index in [0.717, 1.165) is 11.1 Å². The van der Waals surface area contributed by atoms with Crippen LogP contribution in [0.25, 0.3) is 0 Å². The lowest BCUT2D eigenvalue weighted by atomic mass is 10.2. The highest BCUT2D eigenvalue weighted by Crippen LogP contribution is 2.23. The molecule has 0 radical (unpaired) electrons. The van der Waals surface area contributed by atoms with Crippen LogP contribution in [0.4, 0.5) is 0 Å². The van der Waals surface area contributed by atoms with Gasteiger partial charge in [0.25, 0.3) is 0 Å².